The summed E-state index contributed by atoms with van der Waals surface area (Å²) in [4.78, 5) is 13.4. The zero-order chi connectivity index (χ0) is 13.9. The molecule has 0 saturated carbocycles. The van der Waals surface area contributed by atoms with Crippen molar-refractivity contribution in [3.05, 3.63) is 54.2 Å². The summed E-state index contributed by atoms with van der Waals surface area (Å²) < 4.78 is 0. The Bertz CT molecular complexity index is 749. The summed E-state index contributed by atoms with van der Waals surface area (Å²) in [6.45, 7) is 0. The summed E-state index contributed by atoms with van der Waals surface area (Å²) in [5, 5.41) is 10.6. The van der Waals surface area contributed by atoms with Gasteiger partial charge >= 0.3 is 0 Å². The number of carbonyl (C=O) groups is 1. The van der Waals surface area contributed by atoms with Crippen LogP contribution in [0.2, 0.25) is 0 Å². The fourth-order valence-corrected chi connectivity index (χ4v) is 2.41. The predicted octanol–water partition coefficient (Wildman–Crippen LogP) is 3.54. The molecule has 0 bridgehead atoms. The van der Waals surface area contributed by atoms with Gasteiger partial charge in [-0.1, -0.05) is 18.2 Å². The third-order valence-corrected chi connectivity index (χ3v) is 3.78. The maximum atomic E-state index is 12.2. The molecule has 1 amide bonds. The summed E-state index contributed by atoms with van der Waals surface area (Å²) in [5.41, 5.74) is 2.03. The molecule has 0 fully saturated rings. The van der Waals surface area contributed by atoms with Crippen LogP contribution in [-0.4, -0.2) is 22.4 Å². The number of fused-ring (bicyclic) bond motifs is 1. The Morgan fingerprint density at radius 2 is 1.90 bits per heavy atom. The predicted molar refractivity (Wildman–Crippen MR) is 82.3 cm³/mol. The van der Waals surface area contributed by atoms with Crippen LogP contribution >= 0.6 is 11.8 Å². The van der Waals surface area contributed by atoms with Crippen molar-refractivity contribution in [3.63, 3.8) is 0 Å². The third kappa shape index (κ3) is 2.40. The SMILES string of the molecule is CSc1ccc(NC(=O)c2n[nH]c3ccccc23)cc1. The van der Waals surface area contributed by atoms with Crippen LogP contribution in [0.4, 0.5) is 5.69 Å². The van der Waals surface area contributed by atoms with Crippen LogP contribution in [-0.2, 0) is 0 Å². The van der Waals surface area contributed by atoms with Gasteiger partial charge in [0, 0.05) is 16.0 Å². The molecule has 0 aliphatic carbocycles. The molecular weight excluding hydrogens is 270 g/mol. The van der Waals surface area contributed by atoms with Gasteiger partial charge in [0.1, 0.15) is 0 Å². The van der Waals surface area contributed by atoms with Crippen molar-refractivity contribution in [3.8, 4) is 0 Å². The van der Waals surface area contributed by atoms with Crippen molar-refractivity contribution in [2.45, 2.75) is 4.90 Å². The van der Waals surface area contributed by atoms with Crippen LogP contribution in [0, 0.1) is 0 Å². The monoisotopic (exact) mass is 283 g/mol. The maximum Gasteiger partial charge on any atom is 0.276 e. The number of carbonyl (C=O) groups excluding carboxylic acids is 1. The van der Waals surface area contributed by atoms with Gasteiger partial charge in [-0.05, 0) is 36.6 Å². The van der Waals surface area contributed by atoms with E-state index in [2.05, 4.69) is 15.5 Å². The van der Waals surface area contributed by atoms with Gasteiger partial charge in [0.25, 0.3) is 5.91 Å². The van der Waals surface area contributed by atoms with Crippen LogP contribution < -0.4 is 5.32 Å². The lowest BCUT2D eigenvalue weighted by Crippen LogP contribution is -2.12. The lowest BCUT2D eigenvalue weighted by Gasteiger charge is -2.04. The summed E-state index contributed by atoms with van der Waals surface area (Å²) in [5.74, 6) is -0.209. The summed E-state index contributed by atoms with van der Waals surface area (Å²) in [6.07, 6.45) is 2.02. The van der Waals surface area contributed by atoms with Crippen LogP contribution in [0.3, 0.4) is 0 Å². The number of benzene rings is 2. The Balaban J connectivity index is 1.85. The molecule has 0 radical (unpaired) electrons. The topological polar surface area (TPSA) is 57.8 Å². The Morgan fingerprint density at radius 1 is 1.15 bits per heavy atom. The number of H-pyrrole nitrogens is 1. The van der Waals surface area contributed by atoms with Gasteiger partial charge < -0.3 is 5.32 Å². The highest BCUT2D eigenvalue weighted by molar-refractivity contribution is 7.98. The Kier molecular flexibility index (Phi) is 3.43. The van der Waals surface area contributed by atoms with E-state index in [4.69, 9.17) is 0 Å². The Morgan fingerprint density at radius 3 is 2.65 bits per heavy atom. The van der Waals surface area contributed by atoms with Crippen molar-refractivity contribution in [1.82, 2.24) is 10.2 Å². The molecule has 0 atom stereocenters. The van der Waals surface area contributed by atoms with E-state index in [1.54, 1.807) is 11.8 Å². The van der Waals surface area contributed by atoms with Crippen LogP contribution in [0.15, 0.2) is 53.4 Å². The molecule has 1 heterocycles. The lowest BCUT2D eigenvalue weighted by atomic mass is 10.2. The molecule has 0 aliphatic rings. The van der Waals surface area contributed by atoms with E-state index in [0.29, 0.717) is 5.69 Å². The lowest BCUT2D eigenvalue weighted by molar-refractivity contribution is 0.102. The molecule has 1 aromatic heterocycles. The van der Waals surface area contributed by atoms with E-state index in [1.165, 1.54) is 0 Å². The zero-order valence-corrected chi connectivity index (χ0v) is 11.7. The fourth-order valence-electron chi connectivity index (χ4n) is 2.00. The molecule has 0 saturated heterocycles. The van der Waals surface area contributed by atoms with Gasteiger partial charge in [-0.25, -0.2) is 0 Å². The summed E-state index contributed by atoms with van der Waals surface area (Å²) in [6, 6.07) is 15.3. The van der Waals surface area contributed by atoms with Gasteiger partial charge in [-0.3, -0.25) is 9.89 Å². The number of anilines is 1. The molecule has 4 nitrogen and oxygen atoms in total. The minimum atomic E-state index is -0.209. The average molecular weight is 283 g/mol. The first-order valence-corrected chi connectivity index (χ1v) is 7.39. The van der Waals surface area contributed by atoms with Gasteiger partial charge in [0.15, 0.2) is 5.69 Å². The van der Waals surface area contributed by atoms with E-state index in [9.17, 15) is 4.79 Å². The van der Waals surface area contributed by atoms with E-state index in [-0.39, 0.29) is 5.91 Å². The van der Waals surface area contributed by atoms with Crippen molar-refractivity contribution in [2.75, 3.05) is 11.6 Å². The molecule has 2 aromatic carbocycles. The van der Waals surface area contributed by atoms with Crippen molar-refractivity contribution in [1.29, 1.82) is 0 Å². The fraction of sp³-hybridized carbons (Fsp3) is 0.0667. The second kappa shape index (κ2) is 5.38. The summed E-state index contributed by atoms with van der Waals surface area (Å²) in [7, 11) is 0. The molecule has 100 valence electrons. The second-order valence-electron chi connectivity index (χ2n) is 4.30. The molecule has 3 rings (SSSR count). The number of nitrogens with zero attached hydrogens (tertiary/aromatic N) is 1. The molecule has 5 heteroatoms. The molecule has 0 aliphatic heterocycles. The zero-order valence-electron chi connectivity index (χ0n) is 10.9. The van der Waals surface area contributed by atoms with E-state index in [1.807, 2.05) is 54.8 Å². The largest absolute Gasteiger partial charge is 0.321 e. The maximum absolute atomic E-state index is 12.2. The number of hydrogen-bond acceptors (Lipinski definition) is 3. The number of aromatic nitrogens is 2. The number of rotatable bonds is 3. The first-order chi connectivity index (χ1) is 9.78. The molecule has 2 N–H and O–H groups in total. The standard InChI is InChI=1S/C15H13N3OS/c1-20-11-8-6-10(7-9-11)16-15(19)14-12-4-2-3-5-13(12)17-18-14/h2-9H,1H3,(H,16,19)(H,17,18). The van der Waals surface area contributed by atoms with Crippen LogP contribution in [0.25, 0.3) is 10.9 Å². The normalized spacial score (nSPS) is 10.7. The Hall–Kier alpha value is -2.27. The number of thioether (sulfide) groups is 1. The average Bonchev–Trinajstić information content (AvgIpc) is 2.92. The van der Waals surface area contributed by atoms with Crippen LogP contribution in [0.1, 0.15) is 10.5 Å². The number of hydrogen-bond donors (Lipinski definition) is 2. The highest BCUT2D eigenvalue weighted by atomic mass is 32.2. The van der Waals surface area contributed by atoms with Crippen molar-refractivity contribution in [2.24, 2.45) is 0 Å². The molecule has 0 spiro atoms. The highest BCUT2D eigenvalue weighted by Crippen LogP contribution is 2.19. The molecule has 0 unspecified atom stereocenters. The first kappa shape index (κ1) is 12.7. The minimum Gasteiger partial charge on any atom is -0.321 e. The number of amides is 1. The highest BCUT2D eigenvalue weighted by Gasteiger charge is 2.13. The quantitative estimate of drug-likeness (QED) is 0.723. The number of nitrogens with one attached hydrogen (secondary N) is 2. The van der Waals surface area contributed by atoms with E-state index >= 15 is 0 Å². The van der Waals surface area contributed by atoms with Gasteiger partial charge in [0.05, 0.1) is 5.52 Å². The Labute approximate surface area is 120 Å². The smallest absolute Gasteiger partial charge is 0.276 e. The minimum absolute atomic E-state index is 0.209. The van der Waals surface area contributed by atoms with Gasteiger partial charge in [-0.15, -0.1) is 11.8 Å². The van der Waals surface area contributed by atoms with E-state index < -0.39 is 0 Å². The van der Waals surface area contributed by atoms with Crippen molar-refractivity contribution >= 4 is 34.3 Å². The first-order valence-electron chi connectivity index (χ1n) is 6.16. The number of aromatic amines is 1. The van der Waals surface area contributed by atoms with Crippen molar-refractivity contribution < 1.29 is 4.79 Å². The number of para-hydroxylation sites is 1. The molecular formula is C15H13N3OS. The second-order valence-corrected chi connectivity index (χ2v) is 5.18. The molecule has 3 aromatic rings. The van der Waals surface area contributed by atoms with E-state index in [0.717, 1.165) is 21.5 Å². The van der Waals surface area contributed by atoms with Crippen LogP contribution in [0.5, 0.6) is 0 Å². The molecule has 20 heavy (non-hydrogen) atoms. The third-order valence-electron chi connectivity index (χ3n) is 3.03. The summed E-state index contributed by atoms with van der Waals surface area (Å²) >= 11 is 1.67. The van der Waals surface area contributed by atoms with Gasteiger partial charge in [-0.2, -0.15) is 5.10 Å². The van der Waals surface area contributed by atoms with Gasteiger partial charge in [0.2, 0.25) is 0 Å².